The van der Waals surface area contributed by atoms with Crippen molar-refractivity contribution in [3.63, 3.8) is 0 Å². The van der Waals surface area contributed by atoms with Crippen LogP contribution in [0.5, 0.6) is 11.5 Å². The maximum absolute atomic E-state index is 12.8. The minimum Gasteiger partial charge on any atom is -0.497 e. The number of halogens is 1. The average molecular weight is 515 g/mol. The molecule has 182 valence electrons. The van der Waals surface area contributed by atoms with Gasteiger partial charge in [0.2, 0.25) is 0 Å². The summed E-state index contributed by atoms with van der Waals surface area (Å²) >= 11 is 5.92. The number of amidine groups is 1. The molecule has 0 spiro atoms. The topological polar surface area (TPSA) is 94.5 Å². The van der Waals surface area contributed by atoms with Crippen molar-refractivity contribution in [3.8, 4) is 11.5 Å². The third-order valence-corrected chi connectivity index (χ3v) is 6.88. The Morgan fingerprint density at radius 3 is 2.34 bits per heavy atom. The highest BCUT2D eigenvalue weighted by Gasteiger charge is 2.32. The third-order valence-electron chi connectivity index (χ3n) is 5.30. The minimum atomic E-state index is -3.78. The van der Waals surface area contributed by atoms with Crippen molar-refractivity contribution in [1.29, 1.82) is 0 Å². The van der Waals surface area contributed by atoms with E-state index in [0.29, 0.717) is 27.6 Å². The number of likely N-dealkylation sites (N-methyl/N-ethyl adjacent to an activating group) is 1. The van der Waals surface area contributed by atoms with Crippen molar-refractivity contribution in [2.45, 2.75) is 11.0 Å². The lowest BCUT2D eigenvalue weighted by molar-refractivity contribution is 0.0130. The summed E-state index contributed by atoms with van der Waals surface area (Å²) in [7, 11) is -0.526. The minimum absolute atomic E-state index is 0.0255. The largest absolute Gasteiger partial charge is 0.497 e. The number of sulfonamides is 1. The number of methoxy groups -OCH3 is 1. The predicted octanol–water partition coefficient (Wildman–Crippen LogP) is 4.03. The van der Waals surface area contributed by atoms with Gasteiger partial charge in [-0.05, 0) is 60.7 Å². The molecule has 1 aliphatic rings. The summed E-state index contributed by atoms with van der Waals surface area (Å²) in [4.78, 5) is 14.6. The van der Waals surface area contributed by atoms with E-state index in [0.717, 1.165) is 0 Å². The standard InChI is InChI=1S/C25H23ClN2O6S/c1-28(24-22-5-3-4-6-23(22)35(30,31)27-24)15-21(16-33-20-13-11-19(32-2)12-14-20)34-25(29)17-7-9-18(26)10-8-17/h3-14,21H,15-16H2,1-2H3. The Kier molecular flexibility index (Phi) is 7.28. The van der Waals surface area contributed by atoms with Crippen LogP contribution in [0.3, 0.4) is 0 Å². The molecule has 0 saturated carbocycles. The van der Waals surface area contributed by atoms with Crippen LogP contribution in [-0.2, 0) is 14.8 Å². The highest BCUT2D eigenvalue weighted by molar-refractivity contribution is 7.90. The van der Waals surface area contributed by atoms with Gasteiger partial charge < -0.3 is 19.1 Å². The number of hydrogen-bond donors (Lipinski definition) is 0. The van der Waals surface area contributed by atoms with Crippen molar-refractivity contribution < 1.29 is 27.4 Å². The van der Waals surface area contributed by atoms with Gasteiger partial charge in [0.1, 0.15) is 23.0 Å². The molecule has 0 saturated heterocycles. The van der Waals surface area contributed by atoms with Crippen LogP contribution in [0.1, 0.15) is 15.9 Å². The van der Waals surface area contributed by atoms with Crippen LogP contribution >= 0.6 is 11.6 Å². The smallest absolute Gasteiger partial charge is 0.338 e. The van der Waals surface area contributed by atoms with Gasteiger partial charge in [-0.2, -0.15) is 8.42 Å². The first-order valence-electron chi connectivity index (χ1n) is 10.7. The number of benzene rings is 3. The molecule has 1 aliphatic heterocycles. The molecule has 3 aromatic rings. The van der Waals surface area contributed by atoms with Crippen LogP contribution in [0, 0.1) is 0 Å². The van der Waals surface area contributed by atoms with Gasteiger partial charge in [0, 0.05) is 17.6 Å². The van der Waals surface area contributed by atoms with Gasteiger partial charge in [-0.25, -0.2) is 4.79 Å². The van der Waals surface area contributed by atoms with E-state index < -0.39 is 22.1 Å². The molecular weight excluding hydrogens is 492 g/mol. The van der Waals surface area contributed by atoms with Gasteiger partial charge in [-0.1, -0.05) is 23.7 Å². The number of nitrogens with zero attached hydrogens (tertiary/aromatic N) is 2. The summed E-state index contributed by atoms with van der Waals surface area (Å²) in [5.41, 5.74) is 0.825. The summed E-state index contributed by atoms with van der Waals surface area (Å²) < 4.78 is 45.6. The lowest BCUT2D eigenvalue weighted by atomic mass is 10.2. The first-order valence-corrected chi connectivity index (χ1v) is 12.5. The first kappa shape index (κ1) is 24.6. The normalized spacial score (nSPS) is 14.4. The lowest BCUT2D eigenvalue weighted by Gasteiger charge is -2.26. The molecule has 0 aliphatic carbocycles. The van der Waals surface area contributed by atoms with Crippen LogP contribution in [0.25, 0.3) is 0 Å². The molecule has 1 atom stereocenters. The van der Waals surface area contributed by atoms with Gasteiger partial charge in [0.05, 0.1) is 19.2 Å². The zero-order chi connectivity index (χ0) is 25.0. The second-order valence-corrected chi connectivity index (χ2v) is 9.80. The molecule has 8 nitrogen and oxygen atoms in total. The van der Waals surface area contributed by atoms with E-state index in [-0.39, 0.29) is 23.9 Å². The molecule has 0 N–H and O–H groups in total. The summed E-state index contributed by atoms with van der Waals surface area (Å²) in [5, 5.41) is 0.500. The van der Waals surface area contributed by atoms with E-state index in [4.69, 9.17) is 25.8 Å². The molecule has 10 heteroatoms. The van der Waals surface area contributed by atoms with Crippen molar-refractivity contribution in [2.24, 2.45) is 4.40 Å². The van der Waals surface area contributed by atoms with Crippen molar-refractivity contribution >= 4 is 33.4 Å². The summed E-state index contributed by atoms with van der Waals surface area (Å²) in [6.07, 6.45) is -0.747. The van der Waals surface area contributed by atoms with Crippen LogP contribution in [0.4, 0.5) is 0 Å². The van der Waals surface area contributed by atoms with E-state index in [1.54, 1.807) is 85.8 Å². The van der Waals surface area contributed by atoms with E-state index >= 15 is 0 Å². The zero-order valence-corrected chi connectivity index (χ0v) is 20.6. The van der Waals surface area contributed by atoms with Crippen LogP contribution in [-0.4, -0.2) is 58.5 Å². The zero-order valence-electron chi connectivity index (χ0n) is 19.0. The fourth-order valence-electron chi connectivity index (χ4n) is 3.55. The molecule has 1 heterocycles. The SMILES string of the molecule is COc1ccc(OCC(CN(C)C2=NS(=O)(=O)c3ccccc32)OC(=O)c2ccc(Cl)cc2)cc1. The van der Waals surface area contributed by atoms with Gasteiger partial charge in [0.25, 0.3) is 10.0 Å². The van der Waals surface area contributed by atoms with Gasteiger partial charge in [0.15, 0.2) is 11.9 Å². The van der Waals surface area contributed by atoms with Gasteiger partial charge in [-0.15, -0.1) is 4.40 Å². The van der Waals surface area contributed by atoms with Crippen molar-refractivity contribution in [3.05, 3.63) is 88.9 Å². The highest BCUT2D eigenvalue weighted by Crippen LogP contribution is 2.27. The van der Waals surface area contributed by atoms with Crippen LogP contribution in [0.15, 0.2) is 82.1 Å². The maximum Gasteiger partial charge on any atom is 0.338 e. The number of hydrogen-bond acceptors (Lipinski definition) is 7. The summed E-state index contributed by atoms with van der Waals surface area (Å²) in [5.74, 6) is 0.964. The van der Waals surface area contributed by atoms with Gasteiger partial charge >= 0.3 is 5.97 Å². The van der Waals surface area contributed by atoms with Crippen LogP contribution < -0.4 is 9.47 Å². The second-order valence-electron chi connectivity index (χ2n) is 7.79. The van der Waals surface area contributed by atoms with Crippen molar-refractivity contribution in [2.75, 3.05) is 27.3 Å². The number of carbonyl (C=O) groups excluding carboxylic acids is 1. The quantitative estimate of drug-likeness (QED) is 0.419. The molecule has 0 amide bonds. The molecule has 3 aromatic carbocycles. The Hall–Kier alpha value is -3.56. The maximum atomic E-state index is 12.8. The third kappa shape index (κ3) is 5.75. The molecule has 0 radical (unpaired) electrons. The Bertz CT molecular complexity index is 1340. The molecule has 0 bridgehead atoms. The number of rotatable bonds is 8. The van der Waals surface area contributed by atoms with E-state index in [2.05, 4.69) is 4.40 Å². The van der Waals surface area contributed by atoms with Gasteiger partial charge in [-0.3, -0.25) is 0 Å². The van der Waals surface area contributed by atoms with E-state index in [1.165, 1.54) is 6.07 Å². The highest BCUT2D eigenvalue weighted by atomic mass is 35.5. The predicted molar refractivity (Wildman–Crippen MR) is 132 cm³/mol. The Morgan fingerprint density at radius 2 is 1.66 bits per heavy atom. The van der Waals surface area contributed by atoms with E-state index in [1.807, 2.05) is 0 Å². The fourth-order valence-corrected chi connectivity index (χ4v) is 4.92. The number of fused-ring (bicyclic) bond motifs is 1. The lowest BCUT2D eigenvalue weighted by Crippen LogP contribution is -2.39. The molecule has 0 fully saturated rings. The Balaban J connectivity index is 1.53. The summed E-state index contributed by atoms with van der Waals surface area (Å²) in [6, 6.07) is 19.9. The Labute approximate surface area is 208 Å². The van der Waals surface area contributed by atoms with Crippen LogP contribution in [0.2, 0.25) is 5.02 Å². The fraction of sp³-hybridized carbons (Fsp3) is 0.200. The number of esters is 1. The van der Waals surface area contributed by atoms with E-state index in [9.17, 15) is 13.2 Å². The average Bonchev–Trinajstić information content (AvgIpc) is 3.14. The molecular formula is C25H23ClN2O6S. The first-order chi connectivity index (χ1) is 16.8. The number of ether oxygens (including phenoxy) is 3. The molecule has 4 rings (SSSR count). The summed E-state index contributed by atoms with van der Waals surface area (Å²) in [6.45, 7) is 0.163. The van der Waals surface area contributed by atoms with Crippen molar-refractivity contribution in [1.82, 2.24) is 4.90 Å². The molecule has 1 unspecified atom stereocenters. The molecule has 0 aromatic heterocycles. The Morgan fingerprint density at radius 1 is 1.00 bits per heavy atom. The second kappa shape index (κ2) is 10.4. The molecule has 35 heavy (non-hydrogen) atoms. The monoisotopic (exact) mass is 514 g/mol. The number of carbonyl (C=O) groups is 1.